The highest BCUT2D eigenvalue weighted by atomic mass is 32.2. The van der Waals surface area contributed by atoms with E-state index in [2.05, 4.69) is 0 Å². The predicted molar refractivity (Wildman–Crippen MR) is 202 cm³/mol. The van der Waals surface area contributed by atoms with Crippen molar-refractivity contribution in [3.05, 3.63) is 155 Å². The van der Waals surface area contributed by atoms with Crippen molar-refractivity contribution >= 4 is 20.2 Å². The Morgan fingerprint density at radius 1 is 0.566 bits per heavy atom. The van der Waals surface area contributed by atoms with Crippen LogP contribution in [0.1, 0.15) is 40.7 Å². The first kappa shape index (κ1) is 38.2. The maximum absolute atomic E-state index is 13.3. The highest BCUT2D eigenvalue weighted by Gasteiger charge is 2.48. The molecule has 278 valence electrons. The number of hydrogen-bond donors (Lipinski definition) is 0. The summed E-state index contributed by atoms with van der Waals surface area (Å²) in [6, 6.07) is 38.2. The molecule has 1 aliphatic rings. The minimum absolute atomic E-state index is 0.0253. The van der Waals surface area contributed by atoms with Gasteiger partial charge in [0.1, 0.15) is 17.1 Å². The lowest BCUT2D eigenvalue weighted by atomic mass is 9.63. The Morgan fingerprint density at radius 3 is 1.36 bits per heavy atom. The Kier molecular flexibility index (Phi) is 11.4. The average Bonchev–Trinajstić information content (AvgIpc) is 3.16. The molecule has 5 aromatic carbocycles. The van der Waals surface area contributed by atoms with Gasteiger partial charge in [0.05, 0.1) is 43.8 Å². The Bertz CT molecular complexity index is 2050. The average molecular weight is 757 g/mol. The summed E-state index contributed by atoms with van der Waals surface area (Å²) in [5.74, 6) is 1.33. The number of rotatable bonds is 16. The van der Waals surface area contributed by atoms with Gasteiger partial charge in [-0.1, -0.05) is 90.0 Å². The Hall–Kier alpha value is -4.52. The third kappa shape index (κ3) is 8.50. The van der Waals surface area contributed by atoms with E-state index in [-0.39, 0.29) is 35.5 Å². The predicted octanol–water partition coefficient (Wildman–Crippen LogP) is 7.84. The molecule has 0 amide bonds. The third-order valence-electron chi connectivity index (χ3n) is 9.81. The van der Waals surface area contributed by atoms with Crippen molar-refractivity contribution in [2.45, 2.75) is 42.1 Å². The van der Waals surface area contributed by atoms with Crippen LogP contribution >= 0.6 is 0 Å². The number of aryl methyl sites for hydroxylation is 2. The number of ether oxygens (including phenoxy) is 3. The van der Waals surface area contributed by atoms with Gasteiger partial charge in [-0.05, 0) is 97.8 Å². The van der Waals surface area contributed by atoms with Crippen molar-refractivity contribution in [1.82, 2.24) is 0 Å². The van der Waals surface area contributed by atoms with E-state index in [9.17, 15) is 16.8 Å². The maximum atomic E-state index is 13.3. The van der Waals surface area contributed by atoms with E-state index in [1.54, 1.807) is 38.5 Å². The van der Waals surface area contributed by atoms with Gasteiger partial charge in [-0.25, -0.2) is 0 Å². The molecule has 0 radical (unpaired) electrons. The molecule has 1 fully saturated rings. The molecule has 9 nitrogen and oxygen atoms in total. The lowest BCUT2D eigenvalue weighted by Crippen LogP contribution is -2.48. The van der Waals surface area contributed by atoms with Crippen molar-refractivity contribution in [3.8, 4) is 11.5 Å². The second-order valence-corrected chi connectivity index (χ2v) is 16.9. The summed E-state index contributed by atoms with van der Waals surface area (Å²) in [6.45, 7) is 3.48. The van der Waals surface area contributed by atoms with E-state index in [0.29, 0.717) is 24.3 Å². The minimum atomic E-state index is -4.13. The van der Waals surface area contributed by atoms with Crippen LogP contribution in [0.25, 0.3) is 0 Å². The normalized spacial score (nSPS) is 14.7. The van der Waals surface area contributed by atoms with Crippen LogP contribution in [0.3, 0.4) is 0 Å². The molecule has 0 atom stereocenters. The molecule has 1 saturated carbocycles. The van der Waals surface area contributed by atoms with Gasteiger partial charge in [-0.15, -0.1) is 0 Å². The van der Waals surface area contributed by atoms with Crippen LogP contribution in [0.15, 0.2) is 137 Å². The first-order valence-electron chi connectivity index (χ1n) is 17.3. The van der Waals surface area contributed by atoms with E-state index in [1.165, 1.54) is 24.3 Å². The van der Waals surface area contributed by atoms with Crippen LogP contribution in [-0.4, -0.2) is 50.9 Å². The highest BCUT2D eigenvalue weighted by Crippen LogP contribution is 2.49. The monoisotopic (exact) mass is 756 g/mol. The Labute approximate surface area is 312 Å². The van der Waals surface area contributed by atoms with Crippen LogP contribution < -0.4 is 9.47 Å². The van der Waals surface area contributed by atoms with E-state index < -0.39 is 31.3 Å². The fourth-order valence-corrected chi connectivity index (χ4v) is 8.85. The number of hydrogen-bond acceptors (Lipinski definition) is 9. The summed E-state index contributed by atoms with van der Waals surface area (Å²) >= 11 is 0. The zero-order chi connectivity index (χ0) is 37.7. The molecule has 0 aromatic heterocycles. The fraction of sp³-hybridized carbons (Fsp3) is 0.286. The van der Waals surface area contributed by atoms with Crippen LogP contribution in [0.4, 0.5) is 0 Å². The summed E-state index contributed by atoms with van der Waals surface area (Å²) in [7, 11) is -5.02. The molecule has 0 heterocycles. The van der Waals surface area contributed by atoms with Gasteiger partial charge in [0.25, 0.3) is 20.2 Å². The van der Waals surface area contributed by atoms with Gasteiger partial charge < -0.3 is 14.2 Å². The van der Waals surface area contributed by atoms with Crippen LogP contribution in [0, 0.1) is 25.2 Å². The molecule has 0 spiro atoms. The molecule has 0 N–H and O–H groups in total. The Balaban J connectivity index is 1.29. The second-order valence-electron chi connectivity index (χ2n) is 13.6. The molecule has 5 aromatic rings. The molecule has 0 aliphatic heterocycles. The third-order valence-corrected chi connectivity index (χ3v) is 12.4. The summed E-state index contributed by atoms with van der Waals surface area (Å²) in [5.41, 5.74) is 2.51. The zero-order valence-electron chi connectivity index (χ0n) is 30.2. The molecule has 1 aliphatic carbocycles. The minimum Gasteiger partial charge on any atom is -0.497 e. The number of methoxy groups -OCH3 is 2. The van der Waals surface area contributed by atoms with Gasteiger partial charge in [-0.2, -0.15) is 16.8 Å². The smallest absolute Gasteiger partial charge is 0.296 e. The molecule has 6 rings (SSSR count). The first-order chi connectivity index (χ1) is 25.4. The van der Waals surface area contributed by atoms with Crippen LogP contribution in [-0.2, 0) is 38.9 Å². The zero-order valence-corrected chi connectivity index (χ0v) is 31.9. The highest BCUT2D eigenvalue weighted by molar-refractivity contribution is 7.87. The van der Waals surface area contributed by atoms with Crippen molar-refractivity contribution in [3.63, 3.8) is 0 Å². The molecular formula is C42H44O9S2. The molecule has 0 saturated heterocycles. The Morgan fingerprint density at radius 2 is 0.962 bits per heavy atom. The molecule has 11 heteroatoms. The van der Waals surface area contributed by atoms with Gasteiger partial charge in [0.2, 0.25) is 0 Å². The van der Waals surface area contributed by atoms with Gasteiger partial charge in [0, 0.05) is 5.41 Å². The summed E-state index contributed by atoms with van der Waals surface area (Å²) in [5, 5.41) is 0. The molecule has 0 bridgehead atoms. The molecular weight excluding hydrogens is 713 g/mol. The van der Waals surface area contributed by atoms with Crippen LogP contribution in [0.5, 0.6) is 11.5 Å². The SMILES string of the molecule is COc1ccc(C(OCC2CC(COS(=O)(=O)c3ccc(C)cc3)(COS(=O)(=O)c3ccc(C)cc3)C2)(c2ccccc2)c2ccc(OC)cc2)cc1. The summed E-state index contributed by atoms with van der Waals surface area (Å²) in [6.07, 6.45) is 0.797. The fourth-order valence-electron chi connectivity index (χ4n) is 6.83. The maximum Gasteiger partial charge on any atom is 0.296 e. The van der Waals surface area contributed by atoms with Crippen molar-refractivity contribution < 1.29 is 39.4 Å². The van der Waals surface area contributed by atoms with Gasteiger partial charge >= 0.3 is 0 Å². The largest absolute Gasteiger partial charge is 0.497 e. The van der Waals surface area contributed by atoms with Crippen molar-refractivity contribution in [2.75, 3.05) is 34.0 Å². The van der Waals surface area contributed by atoms with E-state index in [1.807, 2.05) is 92.7 Å². The van der Waals surface area contributed by atoms with E-state index in [0.717, 1.165) is 27.8 Å². The topological polar surface area (TPSA) is 114 Å². The van der Waals surface area contributed by atoms with Crippen molar-refractivity contribution in [2.24, 2.45) is 11.3 Å². The van der Waals surface area contributed by atoms with E-state index >= 15 is 0 Å². The summed E-state index contributed by atoms with van der Waals surface area (Å²) in [4.78, 5) is 0.0505. The number of benzene rings is 5. The van der Waals surface area contributed by atoms with E-state index in [4.69, 9.17) is 22.6 Å². The second kappa shape index (κ2) is 15.8. The van der Waals surface area contributed by atoms with Gasteiger partial charge in [0.15, 0.2) is 0 Å². The lowest BCUT2D eigenvalue weighted by Gasteiger charge is -2.48. The summed E-state index contributed by atoms with van der Waals surface area (Å²) < 4.78 is 82.3. The molecule has 0 unspecified atom stereocenters. The van der Waals surface area contributed by atoms with Crippen molar-refractivity contribution in [1.29, 1.82) is 0 Å². The quantitative estimate of drug-likeness (QED) is 0.0734. The first-order valence-corrected chi connectivity index (χ1v) is 20.1. The standard InChI is InChI=1S/C42H44O9S2/c1-31-10-22-39(23-11-31)52(43,44)50-29-41(30-51-53(45,46)40-24-12-32(2)13-25-40)26-33(27-41)28-49-42(34-8-6-5-7-9-34,35-14-18-37(47-3)19-15-35)36-16-20-38(48-4)21-17-36/h5-25,33H,26-30H2,1-4H3. The lowest BCUT2D eigenvalue weighted by molar-refractivity contribution is -0.0884. The molecule has 53 heavy (non-hydrogen) atoms. The van der Waals surface area contributed by atoms with Gasteiger partial charge in [-0.3, -0.25) is 8.37 Å². The van der Waals surface area contributed by atoms with Crippen LogP contribution in [0.2, 0.25) is 0 Å².